The van der Waals surface area contributed by atoms with Gasteiger partial charge in [0, 0.05) is 0 Å². The second kappa shape index (κ2) is 8.36. The van der Waals surface area contributed by atoms with Crippen LogP contribution in [0.5, 0.6) is 0 Å². The molecule has 6 aromatic carbocycles. The smallest absolute Gasteiger partial charge is 0.00263 e. The molecule has 0 saturated heterocycles. The van der Waals surface area contributed by atoms with E-state index in [1.165, 1.54) is 70.6 Å². The van der Waals surface area contributed by atoms with Gasteiger partial charge in [-0.2, -0.15) is 0 Å². The lowest BCUT2D eigenvalue weighted by molar-refractivity contribution is 1.45. The van der Waals surface area contributed by atoms with Crippen LogP contribution in [0.4, 0.5) is 0 Å². The first-order chi connectivity index (χ1) is 17.8. The summed E-state index contributed by atoms with van der Waals surface area (Å²) in [4.78, 5) is 0. The number of rotatable bonds is 2. The summed E-state index contributed by atoms with van der Waals surface area (Å²) < 4.78 is 0. The summed E-state index contributed by atoms with van der Waals surface area (Å²) in [6.07, 6.45) is 10.1. The molecular weight excluding hydrogens is 432 g/mol. The maximum atomic E-state index is 2.41. The first-order valence-corrected chi connectivity index (χ1v) is 12.7. The summed E-state index contributed by atoms with van der Waals surface area (Å²) in [5, 5.41) is 10.4. The van der Waals surface area contributed by atoms with E-state index >= 15 is 0 Å². The summed E-state index contributed by atoms with van der Waals surface area (Å²) in [6.45, 7) is 2.20. The minimum absolute atomic E-state index is 0.929. The molecule has 0 saturated carbocycles. The fourth-order valence-electron chi connectivity index (χ4n) is 5.77. The molecule has 1 aliphatic rings. The lowest BCUT2D eigenvalue weighted by Gasteiger charge is -2.17. The van der Waals surface area contributed by atoms with Gasteiger partial charge in [-0.15, -0.1) is 0 Å². The molecule has 0 aliphatic heterocycles. The highest BCUT2D eigenvalue weighted by molar-refractivity contribution is 6.08. The van der Waals surface area contributed by atoms with Crippen molar-refractivity contribution in [2.24, 2.45) is 0 Å². The molecule has 0 N–H and O–H groups in total. The number of hydrogen-bond acceptors (Lipinski definition) is 0. The Balaban J connectivity index is 1.65. The Bertz CT molecular complexity index is 1970. The molecule has 1 aliphatic carbocycles. The molecule has 7 rings (SSSR count). The van der Waals surface area contributed by atoms with Crippen LogP contribution in [-0.4, -0.2) is 0 Å². The third-order valence-corrected chi connectivity index (χ3v) is 7.48. The third-order valence-electron chi connectivity index (χ3n) is 7.48. The molecule has 0 aromatic heterocycles. The van der Waals surface area contributed by atoms with Gasteiger partial charge in [-0.25, -0.2) is 0 Å². The van der Waals surface area contributed by atoms with Gasteiger partial charge in [0.2, 0.25) is 0 Å². The molecule has 0 heteroatoms. The first-order valence-electron chi connectivity index (χ1n) is 12.7. The van der Waals surface area contributed by atoms with E-state index in [4.69, 9.17) is 0 Å². The number of fused-ring (bicyclic) bond motifs is 4. The van der Waals surface area contributed by atoms with Crippen LogP contribution in [0, 0.1) is 6.92 Å². The van der Waals surface area contributed by atoms with Crippen LogP contribution in [0.15, 0.2) is 115 Å². The third kappa shape index (κ3) is 3.38. The predicted octanol–water partition coefficient (Wildman–Crippen LogP) is 8.31. The maximum absolute atomic E-state index is 2.41. The second-order valence-electron chi connectivity index (χ2n) is 9.78. The van der Waals surface area contributed by atoms with E-state index in [1.54, 1.807) is 0 Å². The zero-order valence-corrected chi connectivity index (χ0v) is 20.3. The van der Waals surface area contributed by atoms with Gasteiger partial charge >= 0.3 is 0 Å². The standard InChI is InChI=1S/C36H26/c1-24-15-20-33-34(21-24)36(30-19-17-26-10-6-8-12-28(26)23-30)32-14-4-2-3-13-31(32)35(33)29-18-16-25-9-5-7-11-27(25)22-29/h2-3,5-23H,4H2,1H3. The molecule has 0 amide bonds. The Kier molecular flexibility index (Phi) is 4.85. The van der Waals surface area contributed by atoms with Gasteiger partial charge in [0.15, 0.2) is 0 Å². The largest absolute Gasteiger partial charge is 0.0807 e. The Labute approximate surface area is 211 Å². The van der Waals surface area contributed by atoms with Crippen LogP contribution >= 0.6 is 0 Å². The Morgan fingerprint density at radius 2 is 1.14 bits per heavy atom. The molecule has 0 spiro atoms. The molecule has 0 atom stereocenters. The monoisotopic (exact) mass is 458 g/mol. The van der Waals surface area contributed by atoms with Gasteiger partial charge < -0.3 is 0 Å². The Morgan fingerprint density at radius 1 is 0.528 bits per heavy atom. The Hall–Kier alpha value is -4.42. The van der Waals surface area contributed by atoms with Crippen LogP contribution in [-0.2, 0) is 0 Å². The predicted molar refractivity (Wildman–Crippen MR) is 157 cm³/mol. The summed E-state index contributed by atoms with van der Waals surface area (Å²) in [5.74, 6) is 0. The van der Waals surface area contributed by atoms with Crippen LogP contribution in [0.25, 0.3) is 66.7 Å². The fourth-order valence-corrected chi connectivity index (χ4v) is 5.77. The van der Waals surface area contributed by atoms with E-state index in [2.05, 4.69) is 134 Å². The molecule has 0 nitrogen and oxygen atoms in total. The molecule has 0 heterocycles. The van der Waals surface area contributed by atoms with Crippen LogP contribution in [0.3, 0.4) is 0 Å². The molecule has 0 unspecified atom stereocenters. The zero-order valence-electron chi connectivity index (χ0n) is 20.3. The highest BCUT2D eigenvalue weighted by Crippen LogP contribution is 2.34. The lowest BCUT2D eigenvalue weighted by Crippen LogP contribution is -2.29. The zero-order chi connectivity index (χ0) is 24.1. The second-order valence-corrected chi connectivity index (χ2v) is 9.78. The van der Waals surface area contributed by atoms with Gasteiger partial charge in [-0.05, 0) is 90.5 Å². The number of aryl methyl sites for hydroxylation is 1. The number of benzene rings is 6. The van der Waals surface area contributed by atoms with Crippen molar-refractivity contribution in [1.82, 2.24) is 0 Å². The van der Waals surface area contributed by atoms with Gasteiger partial charge in [0.05, 0.1) is 0 Å². The SMILES string of the molecule is Cc1ccc2c(-c3ccc4ccccc4c3)c3c(c(-c4ccc5ccccc5c4)c2c1)=CCC=CC=3. The quantitative estimate of drug-likeness (QED) is 0.245. The van der Waals surface area contributed by atoms with Crippen LogP contribution < -0.4 is 10.4 Å². The average Bonchev–Trinajstić information content (AvgIpc) is 3.17. The topological polar surface area (TPSA) is 0 Å². The minimum atomic E-state index is 0.929. The van der Waals surface area contributed by atoms with Crippen LogP contribution in [0.1, 0.15) is 12.0 Å². The van der Waals surface area contributed by atoms with Crippen molar-refractivity contribution in [3.63, 3.8) is 0 Å². The molecular formula is C36H26. The van der Waals surface area contributed by atoms with Crippen molar-refractivity contribution in [2.75, 3.05) is 0 Å². The summed E-state index contributed by atoms with van der Waals surface area (Å²) >= 11 is 0. The van der Waals surface area contributed by atoms with E-state index in [9.17, 15) is 0 Å². The number of allylic oxidation sites excluding steroid dienone is 2. The molecule has 0 fully saturated rings. The molecule has 0 radical (unpaired) electrons. The summed E-state index contributed by atoms with van der Waals surface area (Å²) in [6, 6.07) is 38.0. The van der Waals surface area contributed by atoms with Crippen molar-refractivity contribution < 1.29 is 0 Å². The van der Waals surface area contributed by atoms with Gasteiger partial charge in [-0.3, -0.25) is 0 Å². The van der Waals surface area contributed by atoms with Crippen molar-refractivity contribution in [2.45, 2.75) is 13.3 Å². The van der Waals surface area contributed by atoms with E-state index in [0.717, 1.165) is 6.42 Å². The van der Waals surface area contributed by atoms with Gasteiger partial charge in [0.1, 0.15) is 0 Å². The number of hydrogen-bond donors (Lipinski definition) is 0. The summed E-state index contributed by atoms with van der Waals surface area (Å²) in [7, 11) is 0. The Morgan fingerprint density at radius 3 is 1.81 bits per heavy atom. The maximum Gasteiger partial charge on any atom is -0.00263 e. The van der Waals surface area contributed by atoms with Crippen molar-refractivity contribution in [1.29, 1.82) is 0 Å². The molecule has 6 aromatic rings. The van der Waals surface area contributed by atoms with Gasteiger partial charge in [0.25, 0.3) is 0 Å². The van der Waals surface area contributed by atoms with Gasteiger partial charge in [-0.1, -0.05) is 121 Å². The minimum Gasteiger partial charge on any atom is -0.0807 e. The van der Waals surface area contributed by atoms with E-state index in [0.29, 0.717) is 0 Å². The molecule has 0 bridgehead atoms. The normalized spacial score (nSPS) is 12.8. The van der Waals surface area contributed by atoms with Crippen molar-refractivity contribution in [3.8, 4) is 22.3 Å². The lowest BCUT2D eigenvalue weighted by atomic mass is 9.86. The van der Waals surface area contributed by atoms with E-state index in [-0.39, 0.29) is 0 Å². The van der Waals surface area contributed by atoms with Crippen molar-refractivity contribution in [3.05, 3.63) is 131 Å². The van der Waals surface area contributed by atoms with Crippen LogP contribution in [0.2, 0.25) is 0 Å². The van der Waals surface area contributed by atoms with Crippen molar-refractivity contribution >= 4 is 44.5 Å². The average molecular weight is 459 g/mol. The highest BCUT2D eigenvalue weighted by atomic mass is 14.2. The van der Waals surface area contributed by atoms with E-state index in [1.807, 2.05) is 0 Å². The first kappa shape index (κ1) is 20.9. The highest BCUT2D eigenvalue weighted by Gasteiger charge is 2.16. The molecule has 36 heavy (non-hydrogen) atoms. The molecule has 170 valence electrons. The summed E-state index contributed by atoms with van der Waals surface area (Å²) in [5.41, 5.74) is 6.47. The fraction of sp³-hybridized carbons (Fsp3) is 0.0556. The van der Waals surface area contributed by atoms with E-state index < -0.39 is 0 Å².